The number of esters is 2. The van der Waals surface area contributed by atoms with Gasteiger partial charge in [0.2, 0.25) is 0 Å². The molecule has 1 amide bonds. The number of aromatic nitrogens is 4. The highest BCUT2D eigenvalue weighted by Gasteiger charge is 2.41. The molecular formula is C54H62N6O6. The van der Waals surface area contributed by atoms with Crippen molar-refractivity contribution in [2.45, 2.75) is 108 Å². The number of hydrogen-bond donors (Lipinski definition) is 1. The number of piperidine rings is 1. The molecule has 0 spiro atoms. The molecule has 1 saturated heterocycles. The fraction of sp³-hybridized carbons (Fsp3) is 0.426. The van der Waals surface area contributed by atoms with Gasteiger partial charge in [-0.05, 0) is 111 Å². The van der Waals surface area contributed by atoms with E-state index in [2.05, 4.69) is 79.9 Å². The molecule has 9 rings (SSSR count). The molecule has 3 fully saturated rings. The van der Waals surface area contributed by atoms with Crippen molar-refractivity contribution in [1.82, 2.24) is 30.2 Å². The number of ether oxygens (including phenoxy) is 3. The van der Waals surface area contributed by atoms with E-state index in [1.807, 2.05) is 30.3 Å². The Balaban J connectivity index is 0.000000188. The van der Waals surface area contributed by atoms with Crippen LogP contribution in [0.2, 0.25) is 0 Å². The van der Waals surface area contributed by atoms with Crippen molar-refractivity contribution < 1.29 is 28.6 Å². The second-order valence-corrected chi connectivity index (χ2v) is 18.0. The lowest BCUT2D eigenvalue weighted by Gasteiger charge is -2.42. The van der Waals surface area contributed by atoms with Crippen molar-refractivity contribution in [1.29, 1.82) is 0 Å². The summed E-state index contributed by atoms with van der Waals surface area (Å²) in [5.74, 6) is 1.48. The van der Waals surface area contributed by atoms with Gasteiger partial charge in [0, 0.05) is 61.5 Å². The Hall–Kier alpha value is -6.27. The summed E-state index contributed by atoms with van der Waals surface area (Å²) in [6, 6.07) is 27.9. The van der Waals surface area contributed by atoms with E-state index in [0.29, 0.717) is 43.3 Å². The van der Waals surface area contributed by atoms with Crippen molar-refractivity contribution in [2.24, 2.45) is 0 Å². The number of nitrogens with one attached hydrogen (secondary N) is 1. The molecule has 12 heteroatoms. The molecule has 0 bridgehead atoms. The fourth-order valence-corrected chi connectivity index (χ4v) is 9.69. The zero-order chi connectivity index (χ0) is 45.8. The van der Waals surface area contributed by atoms with Crippen LogP contribution in [0.15, 0.2) is 110 Å². The molecule has 4 heterocycles. The summed E-state index contributed by atoms with van der Waals surface area (Å²) in [6.45, 7) is 7.99. The van der Waals surface area contributed by atoms with Gasteiger partial charge in [0.1, 0.15) is 18.3 Å². The summed E-state index contributed by atoms with van der Waals surface area (Å²) in [7, 11) is 0. The molecule has 1 N–H and O–H groups in total. The Kier molecular flexibility index (Phi) is 15.3. The first-order valence-electron chi connectivity index (χ1n) is 23.8. The number of rotatable bonds is 14. The lowest BCUT2D eigenvalue weighted by molar-refractivity contribution is 0.0515. The Morgan fingerprint density at radius 2 is 1.18 bits per heavy atom. The maximum absolute atomic E-state index is 12.5. The average molecular weight is 891 g/mol. The van der Waals surface area contributed by atoms with Gasteiger partial charge in [0.05, 0.1) is 24.3 Å². The van der Waals surface area contributed by atoms with E-state index in [9.17, 15) is 14.4 Å². The molecule has 2 aliphatic heterocycles. The zero-order valence-electron chi connectivity index (χ0n) is 38.4. The molecule has 2 aliphatic carbocycles. The van der Waals surface area contributed by atoms with E-state index in [4.69, 9.17) is 14.2 Å². The molecule has 0 radical (unpaired) electrons. The van der Waals surface area contributed by atoms with E-state index in [1.54, 1.807) is 43.5 Å². The minimum Gasteiger partial charge on any atom is -0.462 e. The van der Waals surface area contributed by atoms with Crippen LogP contribution >= 0.6 is 0 Å². The van der Waals surface area contributed by atoms with Crippen LogP contribution in [0.3, 0.4) is 0 Å². The summed E-state index contributed by atoms with van der Waals surface area (Å²) in [6.07, 6.45) is 19.9. The quantitative estimate of drug-likeness (QED) is 0.0841. The lowest BCUT2D eigenvalue weighted by Crippen LogP contribution is -2.37. The van der Waals surface area contributed by atoms with Crippen LogP contribution in [0.4, 0.5) is 4.79 Å². The van der Waals surface area contributed by atoms with E-state index in [-0.39, 0.29) is 29.5 Å². The predicted molar refractivity (Wildman–Crippen MR) is 253 cm³/mol. The maximum Gasteiger partial charge on any atom is 0.410 e. The van der Waals surface area contributed by atoms with Crippen molar-refractivity contribution in [3.63, 3.8) is 0 Å². The van der Waals surface area contributed by atoms with Gasteiger partial charge in [-0.15, -0.1) is 0 Å². The van der Waals surface area contributed by atoms with Crippen LogP contribution in [0.1, 0.15) is 138 Å². The summed E-state index contributed by atoms with van der Waals surface area (Å²) >= 11 is 0. The summed E-state index contributed by atoms with van der Waals surface area (Å²) in [5.41, 5.74) is 8.56. The highest BCUT2D eigenvalue weighted by Crippen LogP contribution is 2.47. The Morgan fingerprint density at radius 1 is 0.667 bits per heavy atom. The number of amides is 1. The van der Waals surface area contributed by atoms with Gasteiger partial charge in [-0.2, -0.15) is 0 Å². The van der Waals surface area contributed by atoms with Gasteiger partial charge < -0.3 is 24.4 Å². The third-order valence-electron chi connectivity index (χ3n) is 13.9. The molecule has 344 valence electrons. The van der Waals surface area contributed by atoms with Crippen molar-refractivity contribution >= 4 is 23.6 Å². The molecule has 3 aromatic carbocycles. The van der Waals surface area contributed by atoms with Crippen molar-refractivity contribution in [3.8, 4) is 0 Å². The average Bonchev–Trinajstić information content (AvgIpc) is 3.34. The van der Waals surface area contributed by atoms with Crippen LogP contribution in [0.25, 0.3) is 5.57 Å². The number of hydrogen-bond acceptors (Lipinski definition) is 11. The van der Waals surface area contributed by atoms with Gasteiger partial charge >= 0.3 is 18.0 Å². The van der Waals surface area contributed by atoms with Gasteiger partial charge in [0.25, 0.3) is 0 Å². The van der Waals surface area contributed by atoms with E-state index in [1.165, 1.54) is 66.4 Å². The largest absolute Gasteiger partial charge is 0.462 e. The Labute approximate surface area is 388 Å². The van der Waals surface area contributed by atoms with Crippen molar-refractivity contribution in [3.05, 3.63) is 160 Å². The summed E-state index contributed by atoms with van der Waals surface area (Å²) in [4.78, 5) is 55.7. The van der Waals surface area contributed by atoms with E-state index < -0.39 is 5.97 Å². The standard InChI is InChI=1S/C31H33N3O4.C23H29N3O2/c1-2-37-29(35)26-20-32-28(33-21-26)19-31(15-6-16-31)27-11-9-24(10-12-27)25-13-17-34(18-14-25)30(36)38-22-23-7-4-3-5-8-23;1-2-28-22(27)19-15-25-21(26-16-19)14-23(10-3-11-23)20-6-4-17(5-7-20)18-8-12-24-13-9-18/h3-5,7-13,20-21H,2,6,14-19,22H2,1H3;4-7,15-16,18,24H,2-3,8-14H2,1H3. The SMILES string of the molecule is CCOC(=O)c1cnc(CC2(c3ccc(C4=CCN(C(=O)OCc5ccccc5)CC4)cc3)CCC2)nc1.CCOC(=O)c1cnc(CC2(c3ccc(C4CCNCC4)cc3)CCC2)nc1. The molecule has 0 atom stereocenters. The smallest absolute Gasteiger partial charge is 0.410 e. The van der Waals surface area contributed by atoms with Gasteiger partial charge in [-0.1, -0.05) is 97.8 Å². The van der Waals surface area contributed by atoms with Gasteiger partial charge in [0.15, 0.2) is 0 Å². The van der Waals surface area contributed by atoms with Gasteiger partial charge in [-0.25, -0.2) is 34.3 Å². The molecule has 0 unspecified atom stereocenters. The number of benzene rings is 3. The highest BCUT2D eigenvalue weighted by molar-refractivity contribution is 5.89. The molecule has 5 aromatic rings. The fourth-order valence-electron chi connectivity index (χ4n) is 9.69. The number of nitrogens with zero attached hydrogens (tertiary/aromatic N) is 5. The predicted octanol–water partition coefficient (Wildman–Crippen LogP) is 9.53. The second kappa shape index (κ2) is 21.8. The topological polar surface area (TPSA) is 146 Å². The normalized spacial score (nSPS) is 17.4. The Morgan fingerprint density at radius 3 is 1.64 bits per heavy atom. The molecular weight excluding hydrogens is 829 g/mol. The minimum atomic E-state index is -0.391. The van der Waals surface area contributed by atoms with Crippen LogP contribution in [0, 0.1) is 0 Å². The van der Waals surface area contributed by atoms with E-state index in [0.717, 1.165) is 62.4 Å². The monoisotopic (exact) mass is 890 g/mol. The summed E-state index contributed by atoms with van der Waals surface area (Å²) < 4.78 is 15.5. The molecule has 2 aromatic heterocycles. The lowest BCUT2D eigenvalue weighted by atomic mass is 9.62. The molecule has 4 aliphatic rings. The molecule has 12 nitrogen and oxygen atoms in total. The van der Waals surface area contributed by atoms with Crippen LogP contribution in [0.5, 0.6) is 0 Å². The molecule has 66 heavy (non-hydrogen) atoms. The van der Waals surface area contributed by atoms with Crippen LogP contribution in [-0.4, -0.2) is 82.3 Å². The minimum absolute atomic E-state index is 0.0320. The third kappa shape index (κ3) is 11.2. The maximum atomic E-state index is 12.5. The van der Waals surface area contributed by atoms with E-state index >= 15 is 0 Å². The van der Waals surface area contributed by atoms with Crippen molar-refractivity contribution in [2.75, 3.05) is 39.4 Å². The number of carbonyl (C=O) groups excluding carboxylic acids is 3. The molecule has 2 saturated carbocycles. The first kappa shape index (κ1) is 46.3. The Bertz CT molecular complexity index is 2410. The third-order valence-corrected chi connectivity index (χ3v) is 13.9. The second-order valence-electron chi connectivity index (χ2n) is 18.0. The zero-order valence-corrected chi connectivity index (χ0v) is 38.4. The number of carbonyl (C=O) groups is 3. The first-order valence-corrected chi connectivity index (χ1v) is 23.8. The van der Waals surface area contributed by atoms with Crippen LogP contribution < -0.4 is 5.32 Å². The first-order chi connectivity index (χ1) is 32.3. The van der Waals surface area contributed by atoms with Gasteiger partial charge in [-0.3, -0.25) is 0 Å². The van der Waals surface area contributed by atoms with Crippen LogP contribution in [-0.2, 0) is 44.5 Å². The summed E-state index contributed by atoms with van der Waals surface area (Å²) in [5, 5.41) is 3.44. The highest BCUT2D eigenvalue weighted by atomic mass is 16.6.